The fourth-order valence-corrected chi connectivity index (χ4v) is 3.63. The minimum atomic E-state index is 0.880. The van der Waals surface area contributed by atoms with Gasteiger partial charge in [-0.3, -0.25) is 4.90 Å². The first kappa shape index (κ1) is 14.8. The Labute approximate surface area is 130 Å². The maximum absolute atomic E-state index is 5.37. The van der Waals surface area contributed by atoms with Gasteiger partial charge in [0.05, 0.1) is 23.4 Å². The number of anilines is 1. The van der Waals surface area contributed by atoms with E-state index in [0.717, 1.165) is 57.4 Å². The summed E-state index contributed by atoms with van der Waals surface area (Å²) in [6, 6.07) is 6.46. The number of fused-ring (bicyclic) bond motifs is 1. The Balaban J connectivity index is 1.51. The number of nitrogens with zero attached hydrogens (tertiary/aromatic N) is 2. The Hall–Kier alpha value is -1.17. The van der Waals surface area contributed by atoms with Crippen LogP contribution in [0.1, 0.15) is 18.9 Å². The van der Waals surface area contributed by atoms with E-state index >= 15 is 0 Å². The normalized spacial score (nSPS) is 16.4. The van der Waals surface area contributed by atoms with Crippen molar-refractivity contribution in [3.05, 3.63) is 23.8 Å². The summed E-state index contributed by atoms with van der Waals surface area (Å²) in [7, 11) is 0. The van der Waals surface area contributed by atoms with Gasteiger partial charge < -0.3 is 10.1 Å². The second-order valence-electron chi connectivity index (χ2n) is 5.37. The Bertz CT molecular complexity index is 578. The average Bonchev–Trinajstić information content (AvgIpc) is 2.95. The average molecular weight is 305 g/mol. The molecule has 1 saturated heterocycles. The topological polar surface area (TPSA) is 37.4 Å². The lowest BCUT2D eigenvalue weighted by Crippen LogP contribution is -2.37. The van der Waals surface area contributed by atoms with Crippen molar-refractivity contribution in [2.24, 2.45) is 0 Å². The summed E-state index contributed by atoms with van der Waals surface area (Å²) >= 11 is 1.76. The van der Waals surface area contributed by atoms with Gasteiger partial charge in [-0.15, -0.1) is 0 Å². The third-order valence-corrected chi connectivity index (χ3v) is 4.89. The number of morpholine rings is 1. The van der Waals surface area contributed by atoms with Crippen LogP contribution in [0.2, 0.25) is 0 Å². The van der Waals surface area contributed by atoms with Crippen LogP contribution in [-0.2, 0) is 11.2 Å². The molecular formula is C16H23N3OS. The molecule has 0 aliphatic carbocycles. The number of hydrogen-bond donors (Lipinski definition) is 1. The molecule has 0 bridgehead atoms. The Kier molecular flexibility index (Phi) is 5.06. The lowest BCUT2D eigenvalue weighted by atomic mass is 10.1. The van der Waals surface area contributed by atoms with E-state index in [-0.39, 0.29) is 0 Å². The van der Waals surface area contributed by atoms with Crippen LogP contribution in [0.5, 0.6) is 0 Å². The summed E-state index contributed by atoms with van der Waals surface area (Å²) in [5, 5.41) is 4.52. The number of nitrogens with one attached hydrogen (secondary N) is 1. The molecule has 2 aromatic rings. The Morgan fingerprint density at radius 2 is 2.19 bits per heavy atom. The van der Waals surface area contributed by atoms with Crippen molar-refractivity contribution in [1.82, 2.24) is 9.88 Å². The van der Waals surface area contributed by atoms with Crippen LogP contribution < -0.4 is 5.32 Å². The second kappa shape index (κ2) is 7.20. The zero-order valence-electron chi connectivity index (χ0n) is 12.6. The Morgan fingerprint density at radius 3 is 3.00 bits per heavy atom. The van der Waals surface area contributed by atoms with Gasteiger partial charge in [-0.25, -0.2) is 4.98 Å². The molecule has 1 aliphatic heterocycles. The third kappa shape index (κ3) is 3.73. The number of thiazole rings is 1. The van der Waals surface area contributed by atoms with Crippen molar-refractivity contribution in [1.29, 1.82) is 0 Å². The molecule has 5 heteroatoms. The van der Waals surface area contributed by atoms with Gasteiger partial charge in [0.2, 0.25) is 0 Å². The lowest BCUT2D eigenvalue weighted by Gasteiger charge is -2.26. The van der Waals surface area contributed by atoms with E-state index in [0.29, 0.717) is 0 Å². The number of aryl methyl sites for hydroxylation is 1. The standard InChI is InChI=1S/C16H23N3OS/c1-2-13-5-3-6-14-15(13)18-16(21-14)17-7-4-8-19-9-11-20-12-10-19/h3,5-6H,2,4,7-12H2,1H3,(H,17,18). The van der Waals surface area contributed by atoms with E-state index in [1.165, 1.54) is 15.8 Å². The van der Waals surface area contributed by atoms with Crippen LogP contribution in [0.3, 0.4) is 0 Å². The van der Waals surface area contributed by atoms with E-state index < -0.39 is 0 Å². The van der Waals surface area contributed by atoms with E-state index in [4.69, 9.17) is 9.72 Å². The van der Waals surface area contributed by atoms with Crippen LogP contribution in [0.25, 0.3) is 10.2 Å². The number of aromatic nitrogens is 1. The molecule has 4 nitrogen and oxygen atoms in total. The first-order valence-electron chi connectivity index (χ1n) is 7.79. The molecule has 0 radical (unpaired) electrons. The van der Waals surface area contributed by atoms with Gasteiger partial charge in [0.15, 0.2) is 5.13 Å². The number of benzene rings is 1. The number of rotatable bonds is 6. The largest absolute Gasteiger partial charge is 0.379 e. The number of para-hydroxylation sites is 1. The monoisotopic (exact) mass is 305 g/mol. The molecule has 114 valence electrons. The number of ether oxygens (including phenoxy) is 1. The van der Waals surface area contributed by atoms with Gasteiger partial charge >= 0.3 is 0 Å². The fourth-order valence-electron chi connectivity index (χ4n) is 2.69. The van der Waals surface area contributed by atoms with E-state index in [9.17, 15) is 0 Å². The zero-order valence-corrected chi connectivity index (χ0v) is 13.4. The summed E-state index contributed by atoms with van der Waals surface area (Å²) in [6.07, 6.45) is 2.19. The van der Waals surface area contributed by atoms with Gasteiger partial charge in [-0.05, 0) is 31.0 Å². The summed E-state index contributed by atoms with van der Waals surface area (Å²) in [5.41, 5.74) is 2.51. The maximum atomic E-state index is 5.37. The van der Waals surface area contributed by atoms with Crippen molar-refractivity contribution >= 4 is 26.7 Å². The molecule has 1 fully saturated rings. The van der Waals surface area contributed by atoms with Crippen LogP contribution in [-0.4, -0.2) is 49.3 Å². The van der Waals surface area contributed by atoms with Crippen LogP contribution in [0, 0.1) is 0 Å². The molecule has 0 amide bonds. The first-order valence-corrected chi connectivity index (χ1v) is 8.61. The fraction of sp³-hybridized carbons (Fsp3) is 0.562. The quantitative estimate of drug-likeness (QED) is 0.833. The highest BCUT2D eigenvalue weighted by Crippen LogP contribution is 2.28. The van der Waals surface area contributed by atoms with Gasteiger partial charge in [-0.2, -0.15) is 0 Å². The minimum Gasteiger partial charge on any atom is -0.379 e. The van der Waals surface area contributed by atoms with Crippen molar-refractivity contribution < 1.29 is 4.74 Å². The van der Waals surface area contributed by atoms with E-state index in [1.807, 2.05) is 0 Å². The van der Waals surface area contributed by atoms with Gasteiger partial charge in [0, 0.05) is 19.6 Å². The highest BCUT2D eigenvalue weighted by molar-refractivity contribution is 7.22. The third-order valence-electron chi connectivity index (χ3n) is 3.91. The van der Waals surface area contributed by atoms with Crippen molar-refractivity contribution in [2.45, 2.75) is 19.8 Å². The van der Waals surface area contributed by atoms with Crippen molar-refractivity contribution in [3.63, 3.8) is 0 Å². The van der Waals surface area contributed by atoms with Crippen LogP contribution in [0.15, 0.2) is 18.2 Å². The predicted molar refractivity (Wildman–Crippen MR) is 89.4 cm³/mol. The summed E-state index contributed by atoms with van der Waals surface area (Å²) in [5.74, 6) is 0. The highest BCUT2D eigenvalue weighted by atomic mass is 32.1. The molecule has 1 aromatic carbocycles. The molecule has 0 spiro atoms. The van der Waals surface area contributed by atoms with Crippen molar-refractivity contribution in [3.8, 4) is 0 Å². The summed E-state index contributed by atoms with van der Waals surface area (Å²) in [6.45, 7) is 8.21. The van der Waals surface area contributed by atoms with Crippen LogP contribution in [0.4, 0.5) is 5.13 Å². The predicted octanol–water partition coefficient (Wildman–Crippen LogP) is 2.99. The van der Waals surface area contributed by atoms with Gasteiger partial charge in [0.1, 0.15) is 0 Å². The molecular weight excluding hydrogens is 282 g/mol. The molecule has 2 heterocycles. The van der Waals surface area contributed by atoms with E-state index in [1.54, 1.807) is 11.3 Å². The summed E-state index contributed by atoms with van der Waals surface area (Å²) in [4.78, 5) is 7.21. The lowest BCUT2D eigenvalue weighted by molar-refractivity contribution is 0.0378. The smallest absolute Gasteiger partial charge is 0.183 e. The maximum Gasteiger partial charge on any atom is 0.183 e. The molecule has 1 aliphatic rings. The zero-order chi connectivity index (χ0) is 14.5. The highest BCUT2D eigenvalue weighted by Gasteiger charge is 2.10. The van der Waals surface area contributed by atoms with E-state index in [2.05, 4.69) is 35.3 Å². The molecule has 21 heavy (non-hydrogen) atoms. The molecule has 3 rings (SSSR count). The molecule has 0 saturated carbocycles. The molecule has 0 atom stereocenters. The molecule has 0 unspecified atom stereocenters. The molecule has 1 N–H and O–H groups in total. The Morgan fingerprint density at radius 1 is 1.33 bits per heavy atom. The SMILES string of the molecule is CCc1cccc2sc(NCCCN3CCOCC3)nc12. The second-order valence-corrected chi connectivity index (χ2v) is 6.40. The number of hydrogen-bond acceptors (Lipinski definition) is 5. The summed E-state index contributed by atoms with van der Waals surface area (Å²) < 4.78 is 6.65. The first-order chi connectivity index (χ1) is 10.4. The van der Waals surface area contributed by atoms with Gasteiger partial charge in [0.25, 0.3) is 0 Å². The van der Waals surface area contributed by atoms with Crippen LogP contribution >= 0.6 is 11.3 Å². The van der Waals surface area contributed by atoms with Gasteiger partial charge in [-0.1, -0.05) is 30.4 Å². The minimum absolute atomic E-state index is 0.880. The van der Waals surface area contributed by atoms with Crippen molar-refractivity contribution in [2.75, 3.05) is 44.7 Å². The molecule has 1 aromatic heterocycles.